The minimum absolute atomic E-state index is 0.0867. The quantitative estimate of drug-likeness (QED) is 0.823. The van der Waals surface area contributed by atoms with Crippen molar-refractivity contribution >= 4 is 17.5 Å². The van der Waals surface area contributed by atoms with E-state index in [-0.39, 0.29) is 17.9 Å². The lowest BCUT2D eigenvalue weighted by atomic mass is 9.80. The van der Waals surface area contributed by atoms with E-state index in [0.29, 0.717) is 35.9 Å². The first-order chi connectivity index (χ1) is 13.7. The van der Waals surface area contributed by atoms with E-state index in [0.717, 1.165) is 12.8 Å². The Hall–Kier alpha value is -2.66. The Morgan fingerprint density at radius 2 is 1.39 bits per heavy atom. The lowest BCUT2D eigenvalue weighted by Crippen LogP contribution is -2.38. The van der Waals surface area contributed by atoms with Gasteiger partial charge >= 0.3 is 0 Å². The topological polar surface area (TPSA) is 67.4 Å². The highest BCUT2D eigenvalue weighted by Crippen LogP contribution is 2.36. The predicted octanol–water partition coefficient (Wildman–Crippen LogP) is 4.12. The molecule has 0 atom stereocenters. The Bertz CT molecular complexity index is 820. The zero-order valence-corrected chi connectivity index (χ0v) is 15.9. The van der Waals surface area contributed by atoms with Crippen LogP contribution in [0.25, 0.3) is 0 Å². The number of anilines is 1. The maximum Gasteiger partial charge on any atom is 0.255 e. The van der Waals surface area contributed by atoms with Gasteiger partial charge in [0.1, 0.15) is 0 Å². The van der Waals surface area contributed by atoms with E-state index in [1.807, 2.05) is 12.1 Å². The Morgan fingerprint density at radius 3 is 2.00 bits per heavy atom. The predicted molar refractivity (Wildman–Crippen MR) is 109 cm³/mol. The van der Waals surface area contributed by atoms with Crippen molar-refractivity contribution < 1.29 is 14.3 Å². The number of rotatable bonds is 5. The molecule has 2 aliphatic rings. The smallest absolute Gasteiger partial charge is 0.255 e. The largest absolute Gasteiger partial charge is 0.381 e. The van der Waals surface area contributed by atoms with E-state index < -0.39 is 0 Å². The first-order valence-corrected chi connectivity index (χ1v) is 10.1. The second kappa shape index (κ2) is 8.57. The number of amides is 2. The molecule has 1 aliphatic heterocycles. The molecule has 28 heavy (non-hydrogen) atoms. The van der Waals surface area contributed by atoms with Crippen LogP contribution in [0.4, 0.5) is 5.69 Å². The van der Waals surface area contributed by atoms with Gasteiger partial charge in [0.25, 0.3) is 11.8 Å². The summed E-state index contributed by atoms with van der Waals surface area (Å²) in [5.74, 6) is 0.438. The summed E-state index contributed by atoms with van der Waals surface area (Å²) < 4.78 is 5.31. The number of carbonyl (C=O) groups excluding carboxylic acids is 2. The lowest BCUT2D eigenvalue weighted by molar-refractivity contribution is 0.0696. The van der Waals surface area contributed by atoms with Crippen LogP contribution in [0.15, 0.2) is 48.5 Å². The van der Waals surface area contributed by atoms with Crippen molar-refractivity contribution in [3.63, 3.8) is 0 Å². The molecule has 1 saturated carbocycles. The van der Waals surface area contributed by atoms with Crippen molar-refractivity contribution in [1.29, 1.82) is 0 Å². The summed E-state index contributed by atoms with van der Waals surface area (Å²) in [7, 11) is 0. The molecule has 2 N–H and O–H groups in total. The van der Waals surface area contributed by atoms with E-state index in [1.54, 1.807) is 24.3 Å². The molecule has 0 bridgehead atoms. The van der Waals surface area contributed by atoms with Gasteiger partial charge < -0.3 is 15.4 Å². The first kappa shape index (κ1) is 18.7. The fourth-order valence-corrected chi connectivity index (χ4v) is 3.67. The molecule has 2 aromatic rings. The summed E-state index contributed by atoms with van der Waals surface area (Å²) >= 11 is 0. The van der Waals surface area contributed by atoms with Gasteiger partial charge in [0.15, 0.2) is 0 Å². The van der Waals surface area contributed by atoms with Crippen molar-refractivity contribution in [2.75, 3.05) is 18.5 Å². The molecular weight excluding hydrogens is 352 g/mol. The van der Waals surface area contributed by atoms with Gasteiger partial charge in [-0.1, -0.05) is 18.6 Å². The maximum atomic E-state index is 12.5. The molecule has 0 unspecified atom stereocenters. The monoisotopic (exact) mass is 378 g/mol. The molecule has 1 saturated heterocycles. The number of hydrogen-bond acceptors (Lipinski definition) is 3. The number of benzene rings is 2. The molecule has 0 aromatic heterocycles. The molecule has 2 amide bonds. The SMILES string of the molecule is O=C(Nc1ccc(C(=O)NC2CCOCC2)cc1)c1ccc(C2CCC2)cc1. The lowest BCUT2D eigenvalue weighted by Gasteiger charge is -2.25. The average molecular weight is 378 g/mol. The average Bonchev–Trinajstić information content (AvgIpc) is 2.68. The van der Waals surface area contributed by atoms with Crippen LogP contribution in [0.3, 0.4) is 0 Å². The molecule has 146 valence electrons. The highest BCUT2D eigenvalue weighted by atomic mass is 16.5. The first-order valence-electron chi connectivity index (χ1n) is 10.1. The van der Waals surface area contributed by atoms with Crippen LogP contribution in [-0.4, -0.2) is 31.1 Å². The fraction of sp³-hybridized carbons (Fsp3) is 0.391. The van der Waals surface area contributed by atoms with E-state index in [9.17, 15) is 9.59 Å². The van der Waals surface area contributed by atoms with Crippen molar-refractivity contribution in [2.24, 2.45) is 0 Å². The van der Waals surface area contributed by atoms with Crippen LogP contribution in [0, 0.1) is 0 Å². The van der Waals surface area contributed by atoms with Crippen LogP contribution >= 0.6 is 0 Å². The molecular formula is C23H26N2O3. The summed E-state index contributed by atoms with van der Waals surface area (Å²) in [6.07, 6.45) is 5.49. The van der Waals surface area contributed by atoms with Gasteiger partial charge in [-0.3, -0.25) is 9.59 Å². The van der Waals surface area contributed by atoms with E-state index in [4.69, 9.17) is 4.74 Å². The molecule has 1 heterocycles. The Kier molecular flexibility index (Phi) is 5.72. The maximum absolute atomic E-state index is 12.5. The number of ether oxygens (including phenoxy) is 1. The standard InChI is InChI=1S/C23H26N2O3/c26-22(18-6-4-17(5-7-18)16-2-1-3-16)24-20-10-8-19(9-11-20)23(27)25-21-12-14-28-15-13-21/h4-11,16,21H,1-3,12-15H2,(H,24,26)(H,25,27). The minimum Gasteiger partial charge on any atom is -0.381 e. The molecule has 5 heteroatoms. The van der Waals surface area contributed by atoms with Crippen molar-refractivity contribution in [1.82, 2.24) is 5.32 Å². The highest BCUT2D eigenvalue weighted by molar-refractivity contribution is 6.04. The van der Waals surface area contributed by atoms with Crippen molar-refractivity contribution in [3.8, 4) is 0 Å². The fourth-order valence-electron chi connectivity index (χ4n) is 3.67. The number of hydrogen-bond donors (Lipinski definition) is 2. The molecule has 5 nitrogen and oxygen atoms in total. The summed E-state index contributed by atoms with van der Waals surface area (Å²) in [5, 5.41) is 5.93. The summed E-state index contributed by atoms with van der Waals surface area (Å²) in [6, 6.07) is 15.1. The van der Waals surface area contributed by atoms with Gasteiger partial charge in [0, 0.05) is 36.1 Å². The summed E-state index contributed by atoms with van der Waals surface area (Å²) in [5.41, 5.74) is 3.23. The van der Waals surface area contributed by atoms with Gasteiger partial charge in [-0.2, -0.15) is 0 Å². The normalized spacial score (nSPS) is 17.6. The summed E-state index contributed by atoms with van der Waals surface area (Å²) in [4.78, 5) is 24.8. The van der Waals surface area contributed by atoms with Gasteiger partial charge in [-0.05, 0) is 73.6 Å². The van der Waals surface area contributed by atoms with Gasteiger partial charge in [0.05, 0.1) is 0 Å². The van der Waals surface area contributed by atoms with Crippen LogP contribution < -0.4 is 10.6 Å². The van der Waals surface area contributed by atoms with E-state index in [2.05, 4.69) is 22.8 Å². The van der Waals surface area contributed by atoms with Crippen LogP contribution in [-0.2, 0) is 4.74 Å². The number of carbonyl (C=O) groups is 2. The molecule has 0 radical (unpaired) electrons. The molecule has 0 spiro atoms. The van der Waals surface area contributed by atoms with Crippen LogP contribution in [0.2, 0.25) is 0 Å². The van der Waals surface area contributed by atoms with Crippen molar-refractivity contribution in [2.45, 2.75) is 44.1 Å². The van der Waals surface area contributed by atoms with Crippen molar-refractivity contribution in [3.05, 3.63) is 65.2 Å². The minimum atomic E-state index is -0.139. The third-order valence-electron chi connectivity index (χ3n) is 5.71. The Balaban J connectivity index is 1.33. The summed E-state index contributed by atoms with van der Waals surface area (Å²) in [6.45, 7) is 1.38. The van der Waals surface area contributed by atoms with Crippen LogP contribution in [0.1, 0.15) is 64.3 Å². The second-order valence-corrected chi connectivity index (χ2v) is 7.64. The van der Waals surface area contributed by atoms with E-state index in [1.165, 1.54) is 24.8 Å². The third-order valence-corrected chi connectivity index (χ3v) is 5.71. The molecule has 4 rings (SSSR count). The zero-order valence-electron chi connectivity index (χ0n) is 15.9. The number of nitrogens with one attached hydrogen (secondary N) is 2. The molecule has 1 aliphatic carbocycles. The van der Waals surface area contributed by atoms with Crippen LogP contribution in [0.5, 0.6) is 0 Å². The van der Waals surface area contributed by atoms with Gasteiger partial charge in [-0.15, -0.1) is 0 Å². The molecule has 2 fully saturated rings. The highest BCUT2D eigenvalue weighted by Gasteiger charge is 2.20. The Morgan fingerprint density at radius 1 is 0.786 bits per heavy atom. The van der Waals surface area contributed by atoms with Gasteiger partial charge in [0.2, 0.25) is 0 Å². The zero-order chi connectivity index (χ0) is 19.3. The Labute approximate surface area is 165 Å². The van der Waals surface area contributed by atoms with Gasteiger partial charge in [-0.25, -0.2) is 0 Å². The van der Waals surface area contributed by atoms with E-state index >= 15 is 0 Å². The molecule has 2 aromatic carbocycles. The third kappa shape index (κ3) is 4.42. The second-order valence-electron chi connectivity index (χ2n) is 7.64.